The maximum absolute atomic E-state index is 13.3. The van der Waals surface area contributed by atoms with Gasteiger partial charge in [0.25, 0.3) is 5.91 Å². The first-order valence-corrected chi connectivity index (χ1v) is 11.5. The van der Waals surface area contributed by atoms with Gasteiger partial charge in [-0.25, -0.2) is 4.98 Å². The number of fused-ring (bicyclic) bond motifs is 1. The second-order valence-electron chi connectivity index (χ2n) is 8.67. The van der Waals surface area contributed by atoms with Crippen LogP contribution >= 0.6 is 0 Å². The maximum atomic E-state index is 13.3. The van der Waals surface area contributed by atoms with Gasteiger partial charge in [-0.1, -0.05) is 18.2 Å². The van der Waals surface area contributed by atoms with Crippen molar-refractivity contribution in [3.05, 3.63) is 65.6 Å². The van der Waals surface area contributed by atoms with Crippen LogP contribution in [-0.4, -0.2) is 70.5 Å². The van der Waals surface area contributed by atoms with Gasteiger partial charge in [0.1, 0.15) is 18.0 Å². The Bertz CT molecular complexity index is 1080. The monoisotopic (exact) mass is 434 g/mol. The minimum Gasteiger partial charge on any atom is -0.486 e. The fourth-order valence-corrected chi connectivity index (χ4v) is 4.58. The third kappa shape index (κ3) is 4.49. The zero-order chi connectivity index (χ0) is 21.9. The summed E-state index contributed by atoms with van der Waals surface area (Å²) >= 11 is 0. The Morgan fingerprint density at radius 2 is 2.00 bits per heavy atom. The van der Waals surface area contributed by atoms with Crippen LogP contribution in [0.5, 0.6) is 5.75 Å². The molecule has 0 aliphatic carbocycles. The number of pyridine rings is 1. The Labute approximate surface area is 188 Å². The van der Waals surface area contributed by atoms with E-state index in [4.69, 9.17) is 9.47 Å². The largest absolute Gasteiger partial charge is 0.486 e. The highest BCUT2D eigenvalue weighted by atomic mass is 16.5. The SMILES string of the molecule is Cc1cccn2cc(COc3ccccc3C(=O)N3CCN(C[C@@H]4CCCO4)CC3)nc12. The number of imidazole rings is 1. The van der Waals surface area contributed by atoms with Crippen molar-refractivity contribution in [1.29, 1.82) is 0 Å². The Morgan fingerprint density at radius 1 is 1.16 bits per heavy atom. The number of hydrogen-bond acceptors (Lipinski definition) is 5. The lowest BCUT2D eigenvalue weighted by atomic mass is 10.1. The van der Waals surface area contributed by atoms with Gasteiger partial charge in [0.15, 0.2) is 0 Å². The van der Waals surface area contributed by atoms with Crippen molar-refractivity contribution >= 4 is 11.6 Å². The molecule has 7 nitrogen and oxygen atoms in total. The summed E-state index contributed by atoms with van der Waals surface area (Å²) in [6.07, 6.45) is 6.62. The highest BCUT2D eigenvalue weighted by Gasteiger charge is 2.26. The van der Waals surface area contributed by atoms with E-state index in [9.17, 15) is 4.79 Å². The van der Waals surface area contributed by atoms with E-state index in [0.29, 0.717) is 24.0 Å². The summed E-state index contributed by atoms with van der Waals surface area (Å²) in [5.41, 5.74) is 3.49. The van der Waals surface area contributed by atoms with Gasteiger partial charge in [-0.3, -0.25) is 9.69 Å². The third-order valence-electron chi connectivity index (χ3n) is 6.37. The molecule has 7 heteroatoms. The van der Waals surface area contributed by atoms with E-state index < -0.39 is 0 Å². The molecule has 0 spiro atoms. The first-order valence-electron chi connectivity index (χ1n) is 11.5. The van der Waals surface area contributed by atoms with Crippen LogP contribution in [0, 0.1) is 6.92 Å². The van der Waals surface area contributed by atoms with E-state index >= 15 is 0 Å². The summed E-state index contributed by atoms with van der Waals surface area (Å²) in [6.45, 7) is 7.44. The molecule has 1 amide bonds. The van der Waals surface area contributed by atoms with Crippen molar-refractivity contribution in [2.75, 3.05) is 39.3 Å². The van der Waals surface area contributed by atoms with Crippen LogP contribution in [-0.2, 0) is 11.3 Å². The molecule has 2 aliphatic rings. The van der Waals surface area contributed by atoms with Crippen molar-refractivity contribution in [3.63, 3.8) is 0 Å². The van der Waals surface area contributed by atoms with Crippen molar-refractivity contribution in [2.24, 2.45) is 0 Å². The van der Waals surface area contributed by atoms with Crippen molar-refractivity contribution < 1.29 is 14.3 Å². The number of nitrogens with zero attached hydrogens (tertiary/aromatic N) is 4. The van der Waals surface area contributed by atoms with Crippen molar-refractivity contribution in [2.45, 2.75) is 32.5 Å². The average Bonchev–Trinajstić information content (AvgIpc) is 3.48. The summed E-state index contributed by atoms with van der Waals surface area (Å²) in [5.74, 6) is 0.635. The lowest BCUT2D eigenvalue weighted by Gasteiger charge is -2.35. The maximum Gasteiger partial charge on any atom is 0.257 e. The highest BCUT2D eigenvalue weighted by molar-refractivity contribution is 5.97. The van der Waals surface area contributed by atoms with Gasteiger partial charge >= 0.3 is 0 Å². The number of aryl methyl sites for hydroxylation is 1. The molecule has 3 aromatic rings. The lowest BCUT2D eigenvalue weighted by Crippen LogP contribution is -2.50. The van der Waals surface area contributed by atoms with E-state index in [1.165, 1.54) is 0 Å². The minimum absolute atomic E-state index is 0.0308. The molecule has 2 aliphatic heterocycles. The number of piperazine rings is 1. The molecule has 0 N–H and O–H groups in total. The van der Waals surface area contributed by atoms with Gasteiger partial charge in [-0.05, 0) is 43.5 Å². The summed E-state index contributed by atoms with van der Waals surface area (Å²) in [6, 6.07) is 11.6. The summed E-state index contributed by atoms with van der Waals surface area (Å²) in [7, 11) is 0. The second kappa shape index (κ2) is 9.30. The molecule has 168 valence electrons. The number of ether oxygens (including phenoxy) is 2. The minimum atomic E-state index is 0.0308. The Hall–Kier alpha value is -2.90. The van der Waals surface area contributed by atoms with Crippen LogP contribution < -0.4 is 4.74 Å². The highest BCUT2D eigenvalue weighted by Crippen LogP contribution is 2.23. The molecule has 0 saturated carbocycles. The summed E-state index contributed by atoms with van der Waals surface area (Å²) in [5, 5.41) is 0. The normalized spacial score (nSPS) is 19.5. The number of hydrogen-bond donors (Lipinski definition) is 0. The first kappa shape index (κ1) is 21.0. The Balaban J connectivity index is 1.22. The first-order chi connectivity index (χ1) is 15.7. The number of benzene rings is 1. The van der Waals surface area contributed by atoms with Crippen LogP contribution in [0.4, 0.5) is 0 Å². The van der Waals surface area contributed by atoms with Crippen molar-refractivity contribution in [1.82, 2.24) is 19.2 Å². The van der Waals surface area contributed by atoms with Crippen LogP contribution in [0.3, 0.4) is 0 Å². The van der Waals surface area contributed by atoms with Gasteiger partial charge in [0, 0.05) is 51.7 Å². The van der Waals surface area contributed by atoms with E-state index in [1.807, 2.05) is 65.0 Å². The van der Waals surface area contributed by atoms with Crippen LogP contribution in [0.2, 0.25) is 0 Å². The average molecular weight is 435 g/mol. The number of carbonyl (C=O) groups is 1. The molecule has 4 heterocycles. The molecule has 5 rings (SSSR count). The quantitative estimate of drug-likeness (QED) is 0.597. The van der Waals surface area contributed by atoms with E-state index in [2.05, 4.69) is 9.88 Å². The number of amides is 1. The van der Waals surface area contributed by atoms with Crippen molar-refractivity contribution in [3.8, 4) is 5.75 Å². The smallest absolute Gasteiger partial charge is 0.257 e. The molecule has 1 atom stereocenters. The summed E-state index contributed by atoms with van der Waals surface area (Å²) in [4.78, 5) is 22.3. The van der Waals surface area contributed by atoms with Gasteiger partial charge in [-0.2, -0.15) is 0 Å². The van der Waals surface area contributed by atoms with E-state index in [0.717, 1.165) is 69.1 Å². The van der Waals surface area contributed by atoms with Gasteiger partial charge in [0.05, 0.1) is 17.4 Å². The predicted molar refractivity (Wildman–Crippen MR) is 122 cm³/mol. The summed E-state index contributed by atoms with van der Waals surface area (Å²) < 4.78 is 13.8. The fraction of sp³-hybridized carbons (Fsp3) is 0.440. The fourth-order valence-electron chi connectivity index (χ4n) is 4.58. The van der Waals surface area contributed by atoms with E-state index in [-0.39, 0.29) is 5.91 Å². The molecule has 0 bridgehead atoms. The molecule has 0 radical (unpaired) electrons. The zero-order valence-corrected chi connectivity index (χ0v) is 18.6. The molecular weight excluding hydrogens is 404 g/mol. The third-order valence-corrected chi connectivity index (χ3v) is 6.37. The number of aromatic nitrogens is 2. The predicted octanol–water partition coefficient (Wildman–Crippen LogP) is 3.16. The van der Waals surface area contributed by atoms with Crippen LogP contribution in [0.1, 0.15) is 34.5 Å². The molecule has 2 aromatic heterocycles. The molecule has 2 fully saturated rings. The number of carbonyl (C=O) groups excluding carboxylic acids is 1. The molecular formula is C25H30N4O3. The topological polar surface area (TPSA) is 59.3 Å². The van der Waals surface area contributed by atoms with Crippen LogP contribution in [0.25, 0.3) is 5.65 Å². The standard InChI is InChI=1S/C25H30N4O3/c1-19-6-4-10-29-16-20(26-24(19)29)18-32-23-9-3-2-8-22(23)25(30)28-13-11-27(12-14-28)17-21-7-5-15-31-21/h2-4,6,8-10,16,21H,5,7,11-15,17-18H2,1H3/t21-/m0/s1. The lowest BCUT2D eigenvalue weighted by molar-refractivity contribution is 0.0430. The van der Waals surface area contributed by atoms with Gasteiger partial charge in [-0.15, -0.1) is 0 Å². The number of para-hydroxylation sites is 1. The molecule has 2 saturated heterocycles. The molecule has 0 unspecified atom stereocenters. The van der Waals surface area contributed by atoms with Gasteiger partial charge in [0.2, 0.25) is 0 Å². The Kier molecular flexibility index (Phi) is 6.10. The van der Waals surface area contributed by atoms with Crippen LogP contribution in [0.15, 0.2) is 48.8 Å². The molecule has 1 aromatic carbocycles. The van der Waals surface area contributed by atoms with E-state index in [1.54, 1.807) is 0 Å². The Morgan fingerprint density at radius 3 is 2.78 bits per heavy atom. The van der Waals surface area contributed by atoms with Gasteiger partial charge < -0.3 is 18.8 Å². The molecule has 32 heavy (non-hydrogen) atoms. The number of rotatable bonds is 6. The second-order valence-corrected chi connectivity index (χ2v) is 8.67. The zero-order valence-electron chi connectivity index (χ0n) is 18.6.